The van der Waals surface area contributed by atoms with Crippen molar-refractivity contribution in [2.75, 3.05) is 6.54 Å². The average molecular weight is 208 g/mol. The Morgan fingerprint density at radius 1 is 1.67 bits per heavy atom. The van der Waals surface area contributed by atoms with Crippen LogP contribution in [0.25, 0.3) is 0 Å². The lowest BCUT2D eigenvalue weighted by molar-refractivity contribution is 0.0602. The average Bonchev–Trinajstić information content (AvgIpc) is 2.81. The molecule has 1 N–H and O–H groups in total. The molecule has 0 radical (unpaired) electrons. The van der Waals surface area contributed by atoms with Crippen molar-refractivity contribution in [3.8, 4) is 0 Å². The second-order valence-electron chi connectivity index (χ2n) is 3.91. The normalized spacial score (nSPS) is 21.7. The monoisotopic (exact) mass is 208 g/mol. The van der Waals surface area contributed by atoms with E-state index in [0.29, 0.717) is 11.7 Å². The maximum absolute atomic E-state index is 12.0. The van der Waals surface area contributed by atoms with Gasteiger partial charge in [0.05, 0.1) is 6.20 Å². The summed E-state index contributed by atoms with van der Waals surface area (Å²) < 4.78 is 0. The van der Waals surface area contributed by atoms with Crippen LogP contribution in [0, 0.1) is 0 Å². The molecule has 0 aliphatic carbocycles. The highest BCUT2D eigenvalue weighted by Gasteiger charge is 2.27. The number of piperidine rings is 1. The van der Waals surface area contributed by atoms with Gasteiger partial charge in [-0.3, -0.25) is 4.79 Å². The van der Waals surface area contributed by atoms with Crippen LogP contribution in [0.15, 0.2) is 6.20 Å². The third kappa shape index (κ3) is 2.00. The zero-order valence-corrected chi connectivity index (χ0v) is 8.94. The van der Waals surface area contributed by atoms with Gasteiger partial charge in [0.25, 0.3) is 5.91 Å². The molecule has 1 fully saturated rings. The van der Waals surface area contributed by atoms with Crippen molar-refractivity contribution < 1.29 is 4.79 Å². The number of rotatable bonds is 2. The van der Waals surface area contributed by atoms with Crippen LogP contribution in [0.2, 0.25) is 0 Å². The number of amides is 1. The summed E-state index contributed by atoms with van der Waals surface area (Å²) in [5, 5.41) is 9.97. The maximum atomic E-state index is 12.0. The van der Waals surface area contributed by atoms with Crippen LogP contribution < -0.4 is 0 Å². The topological polar surface area (TPSA) is 61.9 Å². The zero-order chi connectivity index (χ0) is 10.7. The van der Waals surface area contributed by atoms with E-state index in [1.54, 1.807) is 0 Å². The Hall–Kier alpha value is -1.39. The number of carbonyl (C=O) groups excluding carboxylic acids is 1. The van der Waals surface area contributed by atoms with E-state index < -0.39 is 0 Å². The molecule has 2 heterocycles. The number of hydrogen-bond donors (Lipinski definition) is 1. The summed E-state index contributed by atoms with van der Waals surface area (Å²) in [4.78, 5) is 14.0. The first kappa shape index (κ1) is 10.1. The SMILES string of the molecule is CCC1CCCCN1C(=O)c1cn[nH]n1. The smallest absolute Gasteiger partial charge is 0.276 e. The minimum Gasteiger partial charge on any atom is -0.334 e. The van der Waals surface area contributed by atoms with Gasteiger partial charge in [-0.2, -0.15) is 15.4 Å². The Kier molecular flexibility index (Phi) is 2.99. The van der Waals surface area contributed by atoms with E-state index in [-0.39, 0.29) is 5.91 Å². The minimum atomic E-state index is 0.00954. The molecule has 0 saturated carbocycles. The molecule has 0 spiro atoms. The highest BCUT2D eigenvalue weighted by atomic mass is 16.2. The van der Waals surface area contributed by atoms with Gasteiger partial charge in [-0.25, -0.2) is 0 Å². The van der Waals surface area contributed by atoms with E-state index >= 15 is 0 Å². The summed E-state index contributed by atoms with van der Waals surface area (Å²) in [6.45, 7) is 2.98. The molecular weight excluding hydrogens is 192 g/mol. The lowest BCUT2D eigenvalue weighted by atomic mass is 10.00. The fourth-order valence-corrected chi connectivity index (χ4v) is 2.14. The molecule has 5 heteroatoms. The Morgan fingerprint density at radius 2 is 2.53 bits per heavy atom. The van der Waals surface area contributed by atoms with Gasteiger partial charge in [0.15, 0.2) is 5.69 Å². The summed E-state index contributed by atoms with van der Waals surface area (Å²) in [6.07, 6.45) is 5.94. The third-order valence-corrected chi connectivity index (χ3v) is 2.99. The van der Waals surface area contributed by atoms with E-state index in [4.69, 9.17) is 0 Å². The summed E-state index contributed by atoms with van der Waals surface area (Å²) in [5.74, 6) is 0.00954. The van der Waals surface area contributed by atoms with Crippen molar-refractivity contribution >= 4 is 5.91 Å². The molecule has 1 amide bonds. The van der Waals surface area contributed by atoms with E-state index in [9.17, 15) is 4.79 Å². The molecule has 1 aliphatic heterocycles. The molecule has 1 atom stereocenters. The molecule has 1 aromatic heterocycles. The van der Waals surface area contributed by atoms with E-state index in [2.05, 4.69) is 22.3 Å². The molecule has 5 nitrogen and oxygen atoms in total. The first-order valence-corrected chi connectivity index (χ1v) is 5.49. The van der Waals surface area contributed by atoms with Crippen molar-refractivity contribution in [3.05, 3.63) is 11.9 Å². The molecule has 1 aliphatic rings. The van der Waals surface area contributed by atoms with Crippen molar-refractivity contribution in [2.24, 2.45) is 0 Å². The van der Waals surface area contributed by atoms with Crippen molar-refractivity contribution in [2.45, 2.75) is 38.6 Å². The third-order valence-electron chi connectivity index (χ3n) is 2.99. The van der Waals surface area contributed by atoms with Gasteiger partial charge in [-0.1, -0.05) is 6.92 Å². The van der Waals surface area contributed by atoms with E-state index in [1.807, 2.05) is 4.90 Å². The summed E-state index contributed by atoms with van der Waals surface area (Å²) >= 11 is 0. The van der Waals surface area contributed by atoms with Gasteiger partial charge in [0, 0.05) is 12.6 Å². The number of hydrogen-bond acceptors (Lipinski definition) is 3. The van der Waals surface area contributed by atoms with E-state index in [1.165, 1.54) is 12.6 Å². The molecule has 82 valence electrons. The van der Waals surface area contributed by atoms with Crippen molar-refractivity contribution in [3.63, 3.8) is 0 Å². The number of aromatic amines is 1. The van der Waals surface area contributed by atoms with Crippen LogP contribution in [0.4, 0.5) is 0 Å². The lowest BCUT2D eigenvalue weighted by Gasteiger charge is -2.34. The molecule has 15 heavy (non-hydrogen) atoms. The summed E-state index contributed by atoms with van der Waals surface area (Å²) in [6, 6.07) is 0.378. The standard InChI is InChI=1S/C10H16N4O/c1-2-8-5-3-4-6-14(8)10(15)9-7-11-13-12-9/h7-8H,2-6H2,1H3,(H,11,12,13). The molecule has 1 unspecified atom stereocenters. The first-order chi connectivity index (χ1) is 7.33. The summed E-state index contributed by atoms with van der Waals surface area (Å²) in [7, 11) is 0. The Balaban J connectivity index is 2.11. The zero-order valence-electron chi connectivity index (χ0n) is 8.94. The molecule has 2 rings (SSSR count). The predicted octanol–water partition coefficient (Wildman–Crippen LogP) is 1.21. The van der Waals surface area contributed by atoms with Crippen LogP contribution in [0.5, 0.6) is 0 Å². The largest absolute Gasteiger partial charge is 0.334 e. The quantitative estimate of drug-likeness (QED) is 0.794. The van der Waals surface area contributed by atoms with Crippen LogP contribution in [0.3, 0.4) is 0 Å². The Bertz CT molecular complexity index is 322. The number of nitrogens with zero attached hydrogens (tertiary/aromatic N) is 3. The van der Waals surface area contributed by atoms with Gasteiger partial charge in [0.2, 0.25) is 0 Å². The minimum absolute atomic E-state index is 0.00954. The van der Waals surface area contributed by atoms with Gasteiger partial charge < -0.3 is 4.90 Å². The van der Waals surface area contributed by atoms with Gasteiger partial charge in [0.1, 0.15) is 0 Å². The number of carbonyl (C=O) groups is 1. The van der Waals surface area contributed by atoms with Crippen molar-refractivity contribution in [1.29, 1.82) is 0 Å². The second kappa shape index (κ2) is 4.42. The van der Waals surface area contributed by atoms with Crippen LogP contribution in [0.1, 0.15) is 43.1 Å². The fraction of sp³-hybridized carbons (Fsp3) is 0.700. The number of aromatic nitrogens is 3. The highest BCUT2D eigenvalue weighted by Crippen LogP contribution is 2.20. The number of nitrogens with one attached hydrogen (secondary N) is 1. The van der Waals surface area contributed by atoms with E-state index in [0.717, 1.165) is 25.8 Å². The van der Waals surface area contributed by atoms with Crippen LogP contribution in [-0.2, 0) is 0 Å². The molecule has 0 bridgehead atoms. The second-order valence-corrected chi connectivity index (χ2v) is 3.91. The van der Waals surface area contributed by atoms with Gasteiger partial charge in [-0.05, 0) is 25.7 Å². The van der Waals surface area contributed by atoms with Crippen molar-refractivity contribution in [1.82, 2.24) is 20.3 Å². The molecular formula is C10H16N4O. The molecule has 1 aromatic rings. The Morgan fingerprint density at radius 3 is 3.20 bits per heavy atom. The van der Waals surface area contributed by atoms with Crippen LogP contribution in [-0.4, -0.2) is 38.8 Å². The molecule has 1 saturated heterocycles. The lowest BCUT2D eigenvalue weighted by Crippen LogP contribution is -2.43. The van der Waals surface area contributed by atoms with Gasteiger partial charge in [-0.15, -0.1) is 0 Å². The van der Waals surface area contributed by atoms with Crippen LogP contribution >= 0.6 is 0 Å². The Labute approximate surface area is 88.9 Å². The van der Waals surface area contributed by atoms with Gasteiger partial charge >= 0.3 is 0 Å². The first-order valence-electron chi connectivity index (χ1n) is 5.49. The molecule has 0 aromatic carbocycles. The predicted molar refractivity (Wildman–Crippen MR) is 55.3 cm³/mol. The number of H-pyrrole nitrogens is 1. The maximum Gasteiger partial charge on any atom is 0.276 e. The fourth-order valence-electron chi connectivity index (χ4n) is 2.14. The highest BCUT2D eigenvalue weighted by molar-refractivity contribution is 5.92. The number of likely N-dealkylation sites (tertiary alicyclic amines) is 1. The summed E-state index contributed by atoms with van der Waals surface area (Å²) in [5.41, 5.74) is 0.426.